The second kappa shape index (κ2) is 5.42. The Kier molecular flexibility index (Phi) is 3.23. The molecule has 0 N–H and O–H groups in total. The fourth-order valence-corrected chi connectivity index (χ4v) is 2.93. The number of imidazole rings is 1. The first-order chi connectivity index (χ1) is 11.7. The van der Waals surface area contributed by atoms with Crippen molar-refractivity contribution in [2.24, 2.45) is 0 Å². The Morgan fingerprint density at radius 3 is 2.25 bits per heavy atom. The predicted molar refractivity (Wildman–Crippen MR) is 86.8 cm³/mol. The van der Waals surface area contributed by atoms with Gasteiger partial charge >= 0.3 is 0 Å². The first-order valence-electron chi connectivity index (χ1n) is 7.57. The second-order valence-corrected chi connectivity index (χ2v) is 5.55. The minimum Gasteiger partial charge on any atom is -0.274 e. The molecule has 3 aromatic rings. The van der Waals surface area contributed by atoms with E-state index in [1.54, 1.807) is 24.3 Å². The topological polar surface area (TPSA) is 72.3 Å². The van der Waals surface area contributed by atoms with Crippen LogP contribution in [-0.2, 0) is 0 Å². The van der Waals surface area contributed by atoms with Crippen molar-refractivity contribution in [2.45, 2.75) is 6.42 Å². The molecule has 0 bridgehead atoms. The number of hydrogen-bond donors (Lipinski definition) is 0. The maximum absolute atomic E-state index is 12.4. The van der Waals surface area contributed by atoms with Crippen molar-refractivity contribution >= 4 is 28.8 Å². The Balaban J connectivity index is 1.53. The highest BCUT2D eigenvalue weighted by Gasteiger charge is 2.35. The van der Waals surface area contributed by atoms with Crippen molar-refractivity contribution in [3.63, 3.8) is 0 Å². The highest BCUT2D eigenvalue weighted by atomic mass is 16.2. The average Bonchev–Trinajstić information content (AvgIpc) is 3.14. The first-order valence-corrected chi connectivity index (χ1v) is 7.57. The fraction of sp³-hybridized carbons (Fsp3) is 0.111. The number of fused-ring (bicyclic) bond motifs is 2. The monoisotopic (exact) mass is 319 g/mol. The van der Waals surface area contributed by atoms with Gasteiger partial charge in [0, 0.05) is 13.0 Å². The van der Waals surface area contributed by atoms with Crippen LogP contribution in [0.4, 0.5) is 0 Å². The molecule has 6 nitrogen and oxygen atoms in total. The summed E-state index contributed by atoms with van der Waals surface area (Å²) >= 11 is 0. The van der Waals surface area contributed by atoms with Crippen LogP contribution in [0.5, 0.6) is 0 Å². The van der Waals surface area contributed by atoms with E-state index in [0.717, 1.165) is 10.4 Å². The number of benzene rings is 2. The summed E-state index contributed by atoms with van der Waals surface area (Å²) in [5.41, 5.74) is 2.22. The molecule has 118 valence electrons. The minimum atomic E-state index is -0.348. The number of imide groups is 1. The van der Waals surface area contributed by atoms with Gasteiger partial charge < -0.3 is 0 Å². The largest absolute Gasteiger partial charge is 0.274 e. The van der Waals surface area contributed by atoms with Crippen molar-refractivity contribution in [1.82, 2.24) is 14.5 Å². The maximum atomic E-state index is 12.4. The lowest BCUT2D eigenvalue weighted by Gasteiger charge is -2.13. The van der Waals surface area contributed by atoms with Gasteiger partial charge in [0.2, 0.25) is 5.91 Å². The van der Waals surface area contributed by atoms with Crippen LogP contribution >= 0.6 is 0 Å². The van der Waals surface area contributed by atoms with Gasteiger partial charge in [-0.05, 0) is 24.3 Å². The number of carbonyl (C=O) groups is 3. The van der Waals surface area contributed by atoms with Crippen LogP contribution in [0, 0.1) is 0 Å². The SMILES string of the molecule is O=C1c2ccccc2C(=O)N1CCC(=O)n1cnc2ccccc21. The van der Waals surface area contributed by atoms with Crippen LogP contribution in [0.1, 0.15) is 31.9 Å². The van der Waals surface area contributed by atoms with Gasteiger partial charge in [-0.2, -0.15) is 0 Å². The molecule has 0 aliphatic carbocycles. The Labute approximate surface area is 137 Å². The number of amides is 2. The molecule has 2 heterocycles. The third-order valence-corrected chi connectivity index (χ3v) is 4.15. The van der Waals surface area contributed by atoms with E-state index in [0.29, 0.717) is 16.6 Å². The van der Waals surface area contributed by atoms with Gasteiger partial charge in [0.05, 0.1) is 22.2 Å². The third kappa shape index (κ3) is 2.11. The molecular formula is C18H13N3O3. The molecule has 2 amide bonds. The van der Waals surface area contributed by atoms with Crippen LogP contribution in [0.25, 0.3) is 11.0 Å². The van der Waals surface area contributed by atoms with Gasteiger partial charge in [-0.15, -0.1) is 0 Å². The summed E-state index contributed by atoms with van der Waals surface area (Å²) in [6.45, 7) is 0.0533. The molecular weight excluding hydrogens is 306 g/mol. The molecule has 1 aliphatic rings. The van der Waals surface area contributed by atoms with Crippen molar-refractivity contribution in [3.8, 4) is 0 Å². The standard InChI is InChI=1S/C18H13N3O3/c22-16(21-11-19-14-7-3-4-8-15(14)21)9-10-20-17(23)12-5-1-2-6-13(12)18(20)24/h1-8,11H,9-10H2. The van der Waals surface area contributed by atoms with Crippen molar-refractivity contribution < 1.29 is 14.4 Å². The van der Waals surface area contributed by atoms with Gasteiger partial charge in [0.15, 0.2) is 0 Å². The first kappa shape index (κ1) is 14.3. The molecule has 0 atom stereocenters. The average molecular weight is 319 g/mol. The Bertz CT molecular complexity index is 955. The van der Waals surface area contributed by atoms with E-state index in [2.05, 4.69) is 4.98 Å². The number of carbonyl (C=O) groups excluding carboxylic acids is 3. The van der Waals surface area contributed by atoms with Crippen LogP contribution in [0.15, 0.2) is 54.9 Å². The molecule has 0 unspecified atom stereocenters. The summed E-state index contributed by atoms with van der Waals surface area (Å²) in [7, 11) is 0. The van der Waals surface area contributed by atoms with Gasteiger partial charge in [-0.25, -0.2) is 4.98 Å². The van der Waals surface area contributed by atoms with Crippen LogP contribution in [0.3, 0.4) is 0 Å². The van der Waals surface area contributed by atoms with Crippen LogP contribution in [-0.4, -0.2) is 38.7 Å². The van der Waals surface area contributed by atoms with Crippen molar-refractivity contribution in [3.05, 3.63) is 66.0 Å². The number of rotatable bonds is 3. The molecule has 1 aliphatic heterocycles. The summed E-state index contributed by atoms with van der Waals surface area (Å²) in [5, 5.41) is 0. The van der Waals surface area contributed by atoms with E-state index in [1.165, 1.54) is 10.9 Å². The molecule has 0 fully saturated rings. The lowest BCUT2D eigenvalue weighted by molar-refractivity contribution is 0.0645. The molecule has 1 aromatic heterocycles. The lowest BCUT2D eigenvalue weighted by Crippen LogP contribution is -2.32. The molecule has 2 aromatic carbocycles. The number of para-hydroxylation sites is 2. The fourth-order valence-electron chi connectivity index (χ4n) is 2.93. The molecule has 4 rings (SSSR count). The predicted octanol–water partition coefficient (Wildman–Crippen LogP) is 2.36. The molecule has 0 saturated carbocycles. The van der Waals surface area contributed by atoms with E-state index < -0.39 is 0 Å². The third-order valence-electron chi connectivity index (χ3n) is 4.15. The van der Waals surface area contributed by atoms with E-state index in [1.807, 2.05) is 24.3 Å². The van der Waals surface area contributed by atoms with E-state index >= 15 is 0 Å². The lowest BCUT2D eigenvalue weighted by atomic mass is 10.1. The van der Waals surface area contributed by atoms with Crippen molar-refractivity contribution in [2.75, 3.05) is 6.54 Å². The Morgan fingerprint density at radius 2 is 1.54 bits per heavy atom. The number of hydrogen-bond acceptors (Lipinski definition) is 4. The molecule has 0 spiro atoms. The molecule has 0 radical (unpaired) electrons. The smallest absolute Gasteiger partial charge is 0.261 e. The summed E-state index contributed by atoms with van der Waals surface area (Å²) in [5.74, 6) is -0.905. The van der Waals surface area contributed by atoms with E-state index in [4.69, 9.17) is 0 Å². The second-order valence-electron chi connectivity index (χ2n) is 5.55. The normalized spacial score (nSPS) is 13.6. The molecule has 24 heavy (non-hydrogen) atoms. The highest BCUT2D eigenvalue weighted by Crippen LogP contribution is 2.22. The Morgan fingerprint density at radius 1 is 0.917 bits per heavy atom. The minimum absolute atomic E-state index is 0.0474. The van der Waals surface area contributed by atoms with Gasteiger partial charge in [0.25, 0.3) is 11.8 Å². The van der Waals surface area contributed by atoms with Gasteiger partial charge in [-0.3, -0.25) is 23.9 Å². The zero-order chi connectivity index (χ0) is 16.7. The van der Waals surface area contributed by atoms with Crippen LogP contribution < -0.4 is 0 Å². The van der Waals surface area contributed by atoms with Gasteiger partial charge in [0.1, 0.15) is 6.33 Å². The zero-order valence-electron chi connectivity index (χ0n) is 12.7. The van der Waals surface area contributed by atoms with E-state index in [9.17, 15) is 14.4 Å². The maximum Gasteiger partial charge on any atom is 0.261 e. The number of nitrogens with zero attached hydrogens (tertiary/aromatic N) is 3. The van der Waals surface area contributed by atoms with Gasteiger partial charge in [-0.1, -0.05) is 24.3 Å². The Hall–Kier alpha value is -3.28. The molecule has 6 heteroatoms. The number of aromatic nitrogens is 2. The van der Waals surface area contributed by atoms with E-state index in [-0.39, 0.29) is 30.7 Å². The highest BCUT2D eigenvalue weighted by molar-refractivity contribution is 6.21. The summed E-state index contributed by atoms with van der Waals surface area (Å²) < 4.78 is 1.45. The quantitative estimate of drug-likeness (QED) is 0.695. The summed E-state index contributed by atoms with van der Waals surface area (Å²) in [6.07, 6.45) is 1.52. The van der Waals surface area contributed by atoms with Crippen molar-refractivity contribution in [1.29, 1.82) is 0 Å². The summed E-state index contributed by atoms with van der Waals surface area (Å²) in [4.78, 5) is 42.3. The summed E-state index contributed by atoms with van der Waals surface area (Å²) in [6, 6.07) is 14.0. The molecule has 0 saturated heterocycles. The zero-order valence-corrected chi connectivity index (χ0v) is 12.7. The van der Waals surface area contributed by atoms with Crippen LogP contribution in [0.2, 0.25) is 0 Å².